The Morgan fingerprint density at radius 2 is 1.76 bits per heavy atom. The van der Waals surface area contributed by atoms with E-state index in [2.05, 4.69) is 59.7 Å². The van der Waals surface area contributed by atoms with Gasteiger partial charge in [0.1, 0.15) is 11.6 Å². The quantitative estimate of drug-likeness (QED) is 0.375. The molecule has 0 fully saturated rings. The largest absolute Gasteiger partial charge is 0.351 e. The number of aryl methyl sites for hydroxylation is 2. The second kappa shape index (κ2) is 10.4. The number of carbonyl (C=O) groups excluding carboxylic acids is 1. The summed E-state index contributed by atoms with van der Waals surface area (Å²) in [6, 6.07) is 22.8. The molecule has 0 saturated heterocycles. The van der Waals surface area contributed by atoms with Crippen LogP contribution in [0.1, 0.15) is 28.1 Å². The van der Waals surface area contributed by atoms with Crippen molar-refractivity contribution in [3.8, 4) is 5.69 Å². The van der Waals surface area contributed by atoms with Crippen LogP contribution in [-0.2, 0) is 17.8 Å². The maximum absolute atomic E-state index is 13.8. The van der Waals surface area contributed by atoms with Crippen LogP contribution in [0.2, 0.25) is 0 Å². The Labute approximate surface area is 197 Å². The number of hydrogen-bond donors (Lipinski definition) is 1. The van der Waals surface area contributed by atoms with Crippen LogP contribution in [0.4, 0.5) is 4.39 Å². The minimum absolute atomic E-state index is 0.148. The molecule has 0 aliphatic carbocycles. The van der Waals surface area contributed by atoms with E-state index in [0.29, 0.717) is 17.1 Å². The molecule has 0 aliphatic heterocycles. The average Bonchev–Trinajstić information content (AvgIpc) is 3.20. The molecule has 7 heteroatoms. The Balaban J connectivity index is 1.53. The Kier molecular flexibility index (Phi) is 7.19. The summed E-state index contributed by atoms with van der Waals surface area (Å²) in [4.78, 5) is 12.4. The predicted octanol–water partition coefficient (Wildman–Crippen LogP) is 5.02. The number of thioether (sulfide) groups is 1. The van der Waals surface area contributed by atoms with E-state index in [-0.39, 0.29) is 24.0 Å². The molecular formula is C26H25FN4OS. The number of benzene rings is 3. The highest BCUT2D eigenvalue weighted by atomic mass is 32.2. The van der Waals surface area contributed by atoms with Gasteiger partial charge in [-0.05, 0) is 37.1 Å². The van der Waals surface area contributed by atoms with Crippen molar-refractivity contribution in [2.75, 3.05) is 5.75 Å². The molecule has 1 aromatic heterocycles. The lowest BCUT2D eigenvalue weighted by molar-refractivity contribution is -0.118. The van der Waals surface area contributed by atoms with Crippen LogP contribution >= 0.6 is 11.8 Å². The van der Waals surface area contributed by atoms with E-state index in [0.717, 1.165) is 22.6 Å². The van der Waals surface area contributed by atoms with Crippen LogP contribution < -0.4 is 5.32 Å². The number of carbonyl (C=O) groups is 1. The van der Waals surface area contributed by atoms with Gasteiger partial charge in [0.05, 0.1) is 11.4 Å². The van der Waals surface area contributed by atoms with Crippen molar-refractivity contribution in [2.24, 2.45) is 0 Å². The smallest absolute Gasteiger partial charge is 0.230 e. The van der Waals surface area contributed by atoms with Gasteiger partial charge in [0.2, 0.25) is 5.91 Å². The number of amides is 1. The minimum atomic E-state index is -0.328. The maximum Gasteiger partial charge on any atom is 0.230 e. The molecule has 5 nitrogen and oxygen atoms in total. The van der Waals surface area contributed by atoms with Crippen LogP contribution in [0.15, 0.2) is 78.0 Å². The standard InChI is InChI=1S/C26H25FN4OS/c1-18-12-13-23(19(2)14-18)31-24(15-20-8-4-3-5-9-20)29-30-26(31)33-17-25(32)28-16-21-10-6-7-11-22(21)27/h3-14H,15-17H2,1-2H3,(H,28,32). The zero-order chi connectivity index (χ0) is 23.2. The number of rotatable bonds is 8. The van der Waals surface area contributed by atoms with Crippen LogP contribution in [0.5, 0.6) is 0 Å². The first-order valence-electron chi connectivity index (χ1n) is 10.7. The SMILES string of the molecule is Cc1ccc(-n2c(Cc3ccccc3)nnc2SCC(=O)NCc2ccccc2F)c(C)c1. The molecule has 33 heavy (non-hydrogen) atoms. The number of nitrogens with zero attached hydrogens (tertiary/aromatic N) is 3. The lowest BCUT2D eigenvalue weighted by Crippen LogP contribution is -2.25. The predicted molar refractivity (Wildman–Crippen MR) is 129 cm³/mol. The van der Waals surface area contributed by atoms with Crippen LogP contribution in [0.25, 0.3) is 5.69 Å². The molecule has 4 aromatic rings. The molecule has 4 rings (SSSR count). The molecule has 1 amide bonds. The van der Waals surface area contributed by atoms with Crippen molar-refractivity contribution in [3.63, 3.8) is 0 Å². The van der Waals surface area contributed by atoms with E-state index >= 15 is 0 Å². The number of halogens is 1. The van der Waals surface area contributed by atoms with Gasteiger partial charge in [-0.15, -0.1) is 10.2 Å². The fraction of sp³-hybridized carbons (Fsp3) is 0.192. The zero-order valence-corrected chi connectivity index (χ0v) is 19.4. The summed E-state index contributed by atoms with van der Waals surface area (Å²) in [7, 11) is 0. The molecule has 0 radical (unpaired) electrons. The Hall–Kier alpha value is -3.45. The van der Waals surface area contributed by atoms with Gasteiger partial charge in [-0.25, -0.2) is 4.39 Å². The first kappa shape index (κ1) is 22.7. The van der Waals surface area contributed by atoms with Gasteiger partial charge in [-0.2, -0.15) is 0 Å². The van der Waals surface area contributed by atoms with Gasteiger partial charge < -0.3 is 5.32 Å². The van der Waals surface area contributed by atoms with Gasteiger partial charge in [-0.3, -0.25) is 9.36 Å². The molecule has 0 bridgehead atoms. The van der Waals surface area contributed by atoms with Crippen molar-refractivity contribution < 1.29 is 9.18 Å². The zero-order valence-electron chi connectivity index (χ0n) is 18.6. The second-order valence-corrected chi connectivity index (χ2v) is 8.79. The van der Waals surface area contributed by atoms with E-state index in [4.69, 9.17) is 0 Å². The normalized spacial score (nSPS) is 10.9. The van der Waals surface area contributed by atoms with Crippen LogP contribution in [-0.4, -0.2) is 26.4 Å². The maximum atomic E-state index is 13.8. The highest BCUT2D eigenvalue weighted by Gasteiger charge is 2.18. The topological polar surface area (TPSA) is 59.8 Å². The summed E-state index contributed by atoms with van der Waals surface area (Å²) < 4.78 is 15.8. The van der Waals surface area contributed by atoms with Crippen LogP contribution in [0.3, 0.4) is 0 Å². The summed E-state index contributed by atoms with van der Waals surface area (Å²) >= 11 is 1.32. The molecular weight excluding hydrogens is 435 g/mol. The molecule has 0 aliphatic rings. The molecule has 168 valence electrons. The summed E-state index contributed by atoms with van der Waals surface area (Å²) in [5.74, 6) is 0.444. The monoisotopic (exact) mass is 460 g/mol. The van der Waals surface area contributed by atoms with Crippen molar-refractivity contribution in [1.29, 1.82) is 0 Å². The van der Waals surface area contributed by atoms with Gasteiger partial charge in [0, 0.05) is 18.5 Å². The third-order valence-electron chi connectivity index (χ3n) is 5.26. The van der Waals surface area contributed by atoms with Gasteiger partial charge >= 0.3 is 0 Å². The molecule has 0 spiro atoms. The summed E-state index contributed by atoms with van der Waals surface area (Å²) in [5, 5.41) is 12.3. The third kappa shape index (κ3) is 5.68. The van der Waals surface area contributed by atoms with Crippen molar-refractivity contribution in [1.82, 2.24) is 20.1 Å². The Morgan fingerprint density at radius 1 is 1.00 bits per heavy atom. The highest BCUT2D eigenvalue weighted by molar-refractivity contribution is 7.99. The molecule has 1 N–H and O–H groups in total. The van der Waals surface area contributed by atoms with E-state index in [1.54, 1.807) is 18.2 Å². The lowest BCUT2D eigenvalue weighted by atomic mass is 10.1. The summed E-state index contributed by atoms with van der Waals surface area (Å²) in [6.07, 6.45) is 0.626. The van der Waals surface area contributed by atoms with Gasteiger partial charge in [0.25, 0.3) is 0 Å². The van der Waals surface area contributed by atoms with E-state index in [1.165, 1.54) is 23.4 Å². The number of nitrogens with one attached hydrogen (secondary N) is 1. The van der Waals surface area contributed by atoms with Crippen molar-refractivity contribution in [3.05, 3.63) is 107 Å². The minimum Gasteiger partial charge on any atom is -0.351 e. The molecule has 0 unspecified atom stereocenters. The number of hydrogen-bond acceptors (Lipinski definition) is 4. The Bertz CT molecular complexity index is 1260. The van der Waals surface area contributed by atoms with Gasteiger partial charge in [-0.1, -0.05) is 78.0 Å². The fourth-order valence-electron chi connectivity index (χ4n) is 3.60. The van der Waals surface area contributed by atoms with Crippen molar-refractivity contribution >= 4 is 17.7 Å². The lowest BCUT2D eigenvalue weighted by Gasteiger charge is -2.14. The van der Waals surface area contributed by atoms with Crippen LogP contribution in [0, 0.1) is 19.7 Å². The molecule has 1 heterocycles. The summed E-state index contributed by atoms with van der Waals surface area (Å²) in [5.41, 5.74) is 4.87. The Morgan fingerprint density at radius 3 is 2.52 bits per heavy atom. The second-order valence-electron chi connectivity index (χ2n) is 7.84. The first-order valence-corrected chi connectivity index (χ1v) is 11.7. The van der Waals surface area contributed by atoms with E-state index in [1.807, 2.05) is 22.8 Å². The molecule has 3 aromatic carbocycles. The van der Waals surface area contributed by atoms with E-state index < -0.39 is 0 Å². The van der Waals surface area contributed by atoms with Crippen molar-refractivity contribution in [2.45, 2.75) is 32.0 Å². The fourth-order valence-corrected chi connectivity index (χ4v) is 4.40. The number of aromatic nitrogens is 3. The average molecular weight is 461 g/mol. The van der Waals surface area contributed by atoms with Gasteiger partial charge in [0.15, 0.2) is 5.16 Å². The first-order chi connectivity index (χ1) is 16.0. The molecule has 0 saturated carbocycles. The third-order valence-corrected chi connectivity index (χ3v) is 6.19. The molecule has 0 atom stereocenters. The van der Waals surface area contributed by atoms with E-state index in [9.17, 15) is 9.18 Å². The summed E-state index contributed by atoms with van der Waals surface area (Å²) in [6.45, 7) is 4.27. The highest BCUT2D eigenvalue weighted by Crippen LogP contribution is 2.26.